The molecule has 3 atom stereocenters. The fourth-order valence-corrected chi connectivity index (χ4v) is 3.60. The first-order chi connectivity index (χ1) is 8.72. The van der Waals surface area contributed by atoms with E-state index in [1.807, 2.05) is 30.0 Å². The van der Waals surface area contributed by atoms with Crippen molar-refractivity contribution in [3.8, 4) is 0 Å². The summed E-state index contributed by atoms with van der Waals surface area (Å²) in [6, 6.07) is 10.8. The minimum Gasteiger partial charge on any atom is -0.469 e. The number of rotatable bonds is 4. The highest BCUT2D eigenvalue weighted by Crippen LogP contribution is 2.27. The van der Waals surface area contributed by atoms with Crippen LogP contribution in [0.3, 0.4) is 0 Å². The van der Waals surface area contributed by atoms with Gasteiger partial charge < -0.3 is 10.1 Å². The lowest BCUT2D eigenvalue weighted by Gasteiger charge is -2.23. The van der Waals surface area contributed by atoms with Crippen molar-refractivity contribution in [1.29, 1.82) is 0 Å². The molecule has 1 aromatic carbocycles. The number of thioether (sulfide) groups is 1. The van der Waals surface area contributed by atoms with Crippen LogP contribution < -0.4 is 5.32 Å². The lowest BCUT2D eigenvalue weighted by atomic mass is 10.0. The SMILES string of the molecule is COC(=O)[C@@H]1CSC[C@H]1N[C@H](C)c1ccccc1. The third kappa shape index (κ3) is 3.06. The van der Waals surface area contributed by atoms with Crippen molar-refractivity contribution < 1.29 is 9.53 Å². The normalized spacial score (nSPS) is 24.8. The number of hydrogen-bond acceptors (Lipinski definition) is 4. The molecule has 0 aliphatic carbocycles. The van der Waals surface area contributed by atoms with E-state index in [0.717, 1.165) is 11.5 Å². The standard InChI is InChI=1S/C14H19NO2S/c1-10(11-6-4-3-5-7-11)15-13-9-18-8-12(13)14(16)17-2/h3-7,10,12-13,15H,8-9H2,1-2H3/t10-,12-,13-/m1/s1. The van der Waals surface area contributed by atoms with E-state index in [0.29, 0.717) is 0 Å². The van der Waals surface area contributed by atoms with Crippen molar-refractivity contribution in [2.45, 2.75) is 19.0 Å². The highest BCUT2D eigenvalue weighted by atomic mass is 32.2. The molecule has 3 nitrogen and oxygen atoms in total. The molecule has 1 fully saturated rings. The molecule has 18 heavy (non-hydrogen) atoms. The smallest absolute Gasteiger partial charge is 0.311 e. The highest BCUT2D eigenvalue weighted by molar-refractivity contribution is 7.99. The van der Waals surface area contributed by atoms with Crippen molar-refractivity contribution in [3.05, 3.63) is 35.9 Å². The molecule has 1 aliphatic heterocycles. The van der Waals surface area contributed by atoms with Crippen LogP contribution in [-0.2, 0) is 9.53 Å². The third-order valence-electron chi connectivity index (χ3n) is 3.35. The fourth-order valence-electron chi connectivity index (χ4n) is 2.26. The van der Waals surface area contributed by atoms with Gasteiger partial charge in [-0.2, -0.15) is 11.8 Å². The summed E-state index contributed by atoms with van der Waals surface area (Å²) >= 11 is 1.81. The summed E-state index contributed by atoms with van der Waals surface area (Å²) in [5.41, 5.74) is 1.25. The fraction of sp³-hybridized carbons (Fsp3) is 0.500. The minimum absolute atomic E-state index is 0.0221. The van der Waals surface area contributed by atoms with Gasteiger partial charge in [-0.1, -0.05) is 30.3 Å². The molecule has 0 spiro atoms. The molecule has 0 radical (unpaired) electrons. The number of benzene rings is 1. The Morgan fingerprint density at radius 1 is 1.39 bits per heavy atom. The molecule has 1 saturated heterocycles. The first-order valence-corrected chi connectivity index (χ1v) is 7.34. The molecule has 0 aromatic heterocycles. The lowest BCUT2D eigenvalue weighted by molar-refractivity contribution is -0.145. The van der Waals surface area contributed by atoms with Gasteiger partial charge >= 0.3 is 5.97 Å². The molecule has 1 heterocycles. The number of methoxy groups -OCH3 is 1. The van der Waals surface area contributed by atoms with Gasteiger partial charge in [-0.25, -0.2) is 0 Å². The van der Waals surface area contributed by atoms with Gasteiger partial charge in [0.1, 0.15) is 0 Å². The number of esters is 1. The zero-order chi connectivity index (χ0) is 13.0. The van der Waals surface area contributed by atoms with Crippen molar-refractivity contribution >= 4 is 17.7 Å². The molecule has 0 bridgehead atoms. The van der Waals surface area contributed by atoms with Gasteiger partial charge in [-0.15, -0.1) is 0 Å². The van der Waals surface area contributed by atoms with Gasteiger partial charge in [0.15, 0.2) is 0 Å². The van der Waals surface area contributed by atoms with Crippen LogP contribution in [0, 0.1) is 5.92 Å². The minimum atomic E-state index is -0.0993. The monoisotopic (exact) mass is 265 g/mol. The van der Waals surface area contributed by atoms with Gasteiger partial charge in [-0.3, -0.25) is 4.79 Å². The second-order valence-corrected chi connectivity index (χ2v) is 5.65. The molecule has 4 heteroatoms. The predicted octanol–water partition coefficient (Wildman–Crippen LogP) is 2.24. The van der Waals surface area contributed by atoms with Gasteiger partial charge in [-0.05, 0) is 12.5 Å². The number of ether oxygens (including phenoxy) is 1. The average Bonchev–Trinajstić information content (AvgIpc) is 2.87. The molecule has 1 N–H and O–H groups in total. The summed E-state index contributed by atoms with van der Waals surface area (Å²) in [7, 11) is 1.46. The molecule has 0 saturated carbocycles. The van der Waals surface area contributed by atoms with E-state index >= 15 is 0 Å². The lowest BCUT2D eigenvalue weighted by Crippen LogP contribution is -2.40. The first-order valence-electron chi connectivity index (χ1n) is 6.19. The van der Waals surface area contributed by atoms with E-state index in [-0.39, 0.29) is 24.0 Å². The van der Waals surface area contributed by atoms with Gasteiger partial charge in [0, 0.05) is 23.6 Å². The highest BCUT2D eigenvalue weighted by Gasteiger charge is 2.34. The molecule has 2 rings (SSSR count). The van der Waals surface area contributed by atoms with E-state index in [9.17, 15) is 4.79 Å². The second-order valence-electron chi connectivity index (χ2n) is 4.57. The van der Waals surface area contributed by atoms with Crippen LogP contribution >= 0.6 is 11.8 Å². The van der Waals surface area contributed by atoms with E-state index in [1.165, 1.54) is 12.7 Å². The Morgan fingerprint density at radius 2 is 2.11 bits per heavy atom. The summed E-state index contributed by atoms with van der Waals surface area (Å²) in [5, 5.41) is 3.54. The summed E-state index contributed by atoms with van der Waals surface area (Å²) in [6.07, 6.45) is 0. The maximum Gasteiger partial charge on any atom is 0.311 e. The number of carbonyl (C=O) groups is 1. The number of hydrogen-bond donors (Lipinski definition) is 1. The topological polar surface area (TPSA) is 38.3 Å². The number of nitrogens with one attached hydrogen (secondary N) is 1. The molecule has 1 aliphatic rings. The molecule has 0 amide bonds. The van der Waals surface area contributed by atoms with Crippen LogP contribution in [0.2, 0.25) is 0 Å². The van der Waals surface area contributed by atoms with Crippen molar-refractivity contribution in [2.75, 3.05) is 18.6 Å². The van der Waals surface area contributed by atoms with Crippen molar-refractivity contribution in [2.24, 2.45) is 5.92 Å². The van der Waals surface area contributed by atoms with E-state index in [2.05, 4.69) is 24.4 Å². The van der Waals surface area contributed by atoms with Crippen LogP contribution in [0.5, 0.6) is 0 Å². The van der Waals surface area contributed by atoms with Crippen LogP contribution in [-0.4, -0.2) is 30.6 Å². The maximum atomic E-state index is 11.7. The number of carbonyl (C=O) groups excluding carboxylic acids is 1. The summed E-state index contributed by atoms with van der Waals surface area (Å²) in [5.74, 6) is 1.70. The van der Waals surface area contributed by atoms with E-state index in [4.69, 9.17) is 4.74 Å². The Morgan fingerprint density at radius 3 is 2.78 bits per heavy atom. The molecule has 1 aromatic rings. The predicted molar refractivity (Wildman–Crippen MR) is 74.6 cm³/mol. The molecule has 98 valence electrons. The summed E-state index contributed by atoms with van der Waals surface area (Å²) < 4.78 is 4.86. The molecular weight excluding hydrogens is 246 g/mol. The summed E-state index contributed by atoms with van der Waals surface area (Å²) in [4.78, 5) is 11.7. The van der Waals surface area contributed by atoms with Crippen LogP contribution in [0.15, 0.2) is 30.3 Å². The van der Waals surface area contributed by atoms with Gasteiger partial charge in [0.05, 0.1) is 13.0 Å². The van der Waals surface area contributed by atoms with Crippen molar-refractivity contribution in [3.63, 3.8) is 0 Å². The van der Waals surface area contributed by atoms with Gasteiger partial charge in [0.2, 0.25) is 0 Å². The van der Waals surface area contributed by atoms with E-state index < -0.39 is 0 Å². The Hall–Kier alpha value is -1.00. The third-order valence-corrected chi connectivity index (χ3v) is 4.54. The zero-order valence-electron chi connectivity index (χ0n) is 10.8. The maximum absolute atomic E-state index is 11.7. The van der Waals surface area contributed by atoms with Gasteiger partial charge in [0.25, 0.3) is 0 Å². The van der Waals surface area contributed by atoms with Crippen LogP contribution in [0.1, 0.15) is 18.5 Å². The average molecular weight is 265 g/mol. The summed E-state index contributed by atoms with van der Waals surface area (Å²) in [6.45, 7) is 2.13. The van der Waals surface area contributed by atoms with Crippen LogP contribution in [0.25, 0.3) is 0 Å². The Labute approximate surface area is 112 Å². The molecule has 0 unspecified atom stereocenters. The Bertz CT molecular complexity index is 396. The largest absolute Gasteiger partial charge is 0.469 e. The Kier molecular flexibility index (Phi) is 4.66. The van der Waals surface area contributed by atoms with E-state index in [1.54, 1.807) is 0 Å². The van der Waals surface area contributed by atoms with Crippen LogP contribution in [0.4, 0.5) is 0 Å². The second kappa shape index (κ2) is 6.25. The zero-order valence-corrected chi connectivity index (χ0v) is 11.6. The first kappa shape index (κ1) is 13.4. The molecular formula is C14H19NO2S. The quantitative estimate of drug-likeness (QED) is 0.847. The van der Waals surface area contributed by atoms with Crippen molar-refractivity contribution in [1.82, 2.24) is 5.32 Å². The Balaban J connectivity index is 1.98.